The Labute approximate surface area is 196 Å². The second-order valence-corrected chi connectivity index (χ2v) is 10.2. The Hall–Kier alpha value is -3.53. The summed E-state index contributed by atoms with van der Waals surface area (Å²) in [6.45, 7) is 1.84. The fourth-order valence-corrected chi connectivity index (χ4v) is 5.94. The van der Waals surface area contributed by atoms with Crippen LogP contribution in [0.1, 0.15) is 17.2 Å². The van der Waals surface area contributed by atoms with Crippen LogP contribution >= 0.6 is 0 Å². The number of nitrogens with zero attached hydrogens (tertiary/aromatic N) is 2. The summed E-state index contributed by atoms with van der Waals surface area (Å²) in [5.74, 6) is 0. The number of rotatable bonds is 5. The fourth-order valence-electron chi connectivity index (χ4n) is 4.49. The molecule has 1 aromatic heterocycles. The minimum absolute atomic E-state index is 0.0369. The minimum Gasteiger partial charge on any atom is -0.316 e. The van der Waals surface area contributed by atoms with Gasteiger partial charge in [-0.2, -0.15) is 4.31 Å². The highest BCUT2D eigenvalue weighted by Gasteiger charge is 2.32. The minimum atomic E-state index is -3.76. The van der Waals surface area contributed by atoms with E-state index in [1.165, 1.54) is 22.5 Å². The summed E-state index contributed by atoms with van der Waals surface area (Å²) >= 11 is 0. The van der Waals surface area contributed by atoms with Crippen LogP contribution in [0, 0.1) is 0 Å². The quantitative estimate of drug-likeness (QED) is 0.430. The van der Waals surface area contributed by atoms with E-state index in [1.54, 1.807) is 0 Å². The Balaban J connectivity index is 1.39. The predicted molar refractivity (Wildman–Crippen MR) is 130 cm³/mol. The molecule has 8 nitrogen and oxygen atoms in total. The lowest BCUT2D eigenvalue weighted by atomic mass is 9.96. The van der Waals surface area contributed by atoms with Crippen molar-refractivity contribution >= 4 is 21.1 Å². The second kappa shape index (κ2) is 9.02. The van der Waals surface area contributed by atoms with E-state index >= 15 is 0 Å². The average Bonchev–Trinajstić information content (AvgIpc) is 2.86. The highest BCUT2D eigenvalue weighted by molar-refractivity contribution is 7.89. The third-order valence-electron chi connectivity index (χ3n) is 6.20. The molecule has 1 aliphatic heterocycles. The summed E-state index contributed by atoms with van der Waals surface area (Å²) in [5, 5.41) is 0. The first kappa shape index (κ1) is 22.3. The summed E-state index contributed by atoms with van der Waals surface area (Å²) in [4.78, 5) is 30.5. The zero-order valence-corrected chi connectivity index (χ0v) is 19.2. The third-order valence-corrected chi connectivity index (χ3v) is 8.10. The zero-order chi connectivity index (χ0) is 23.7. The van der Waals surface area contributed by atoms with E-state index in [0.717, 1.165) is 11.1 Å². The van der Waals surface area contributed by atoms with Crippen LogP contribution in [-0.2, 0) is 10.0 Å². The Kier molecular flexibility index (Phi) is 5.91. The zero-order valence-electron chi connectivity index (χ0n) is 18.3. The number of aromatic amines is 2. The Bertz CT molecular complexity index is 1480. The molecule has 4 aromatic rings. The largest absolute Gasteiger partial charge is 0.316 e. The Morgan fingerprint density at radius 3 is 1.76 bits per heavy atom. The molecule has 2 N–H and O–H groups in total. The summed E-state index contributed by atoms with van der Waals surface area (Å²) in [6.07, 6.45) is 0. The molecule has 0 unspecified atom stereocenters. The molecule has 0 radical (unpaired) electrons. The molecule has 1 aliphatic rings. The van der Waals surface area contributed by atoms with Crippen molar-refractivity contribution in [2.75, 3.05) is 26.2 Å². The second-order valence-electron chi connectivity index (χ2n) is 8.28. The van der Waals surface area contributed by atoms with Crippen LogP contribution in [0.15, 0.2) is 93.3 Å². The first-order valence-corrected chi connectivity index (χ1v) is 12.5. The first-order valence-electron chi connectivity index (χ1n) is 11.0. The number of aromatic nitrogens is 2. The molecular formula is C25H24N4O4S. The summed E-state index contributed by atoms with van der Waals surface area (Å²) in [7, 11) is -3.76. The smallest absolute Gasteiger partial charge is 0.314 e. The van der Waals surface area contributed by atoms with Crippen molar-refractivity contribution < 1.29 is 8.42 Å². The highest BCUT2D eigenvalue weighted by atomic mass is 32.2. The van der Waals surface area contributed by atoms with Gasteiger partial charge in [-0.1, -0.05) is 60.7 Å². The molecule has 0 atom stereocenters. The maximum atomic E-state index is 13.3. The molecule has 5 rings (SSSR count). The van der Waals surface area contributed by atoms with Crippen molar-refractivity contribution in [3.8, 4) is 0 Å². The SMILES string of the molecule is O=c1[nH]c2ccc(S(=O)(=O)N3CCN(C(c4ccccc4)c4ccccc4)CC3)cc2[nH]c1=O. The van der Waals surface area contributed by atoms with Gasteiger partial charge < -0.3 is 9.97 Å². The van der Waals surface area contributed by atoms with Gasteiger partial charge in [0.15, 0.2) is 0 Å². The van der Waals surface area contributed by atoms with E-state index in [9.17, 15) is 18.0 Å². The highest BCUT2D eigenvalue weighted by Crippen LogP contribution is 2.30. The number of benzene rings is 3. The van der Waals surface area contributed by atoms with Crippen LogP contribution in [0.25, 0.3) is 11.0 Å². The fraction of sp³-hybridized carbons (Fsp3) is 0.200. The van der Waals surface area contributed by atoms with Crippen LogP contribution in [-0.4, -0.2) is 53.8 Å². The molecule has 9 heteroatoms. The van der Waals surface area contributed by atoms with Crippen LogP contribution < -0.4 is 11.1 Å². The van der Waals surface area contributed by atoms with E-state index in [0.29, 0.717) is 31.7 Å². The van der Waals surface area contributed by atoms with Gasteiger partial charge in [0, 0.05) is 26.2 Å². The molecule has 0 amide bonds. The lowest BCUT2D eigenvalue weighted by molar-refractivity contribution is 0.156. The van der Waals surface area contributed by atoms with E-state index in [4.69, 9.17) is 0 Å². The van der Waals surface area contributed by atoms with E-state index in [2.05, 4.69) is 39.1 Å². The lowest BCUT2D eigenvalue weighted by Crippen LogP contribution is -2.49. The predicted octanol–water partition coefficient (Wildman–Crippen LogP) is 2.31. The number of sulfonamides is 1. The Morgan fingerprint density at radius 2 is 1.21 bits per heavy atom. The van der Waals surface area contributed by atoms with Gasteiger partial charge in [-0.25, -0.2) is 8.42 Å². The molecule has 34 heavy (non-hydrogen) atoms. The number of hydrogen-bond donors (Lipinski definition) is 2. The number of fused-ring (bicyclic) bond motifs is 1. The van der Waals surface area contributed by atoms with Crippen molar-refractivity contribution in [1.82, 2.24) is 19.2 Å². The molecule has 3 aromatic carbocycles. The summed E-state index contributed by atoms with van der Waals surface area (Å²) in [5.41, 5.74) is 1.39. The van der Waals surface area contributed by atoms with E-state index in [-0.39, 0.29) is 16.5 Å². The van der Waals surface area contributed by atoms with Crippen LogP contribution in [0.3, 0.4) is 0 Å². The molecule has 1 fully saturated rings. The van der Waals surface area contributed by atoms with Crippen molar-refractivity contribution in [3.63, 3.8) is 0 Å². The van der Waals surface area contributed by atoms with Gasteiger partial charge in [-0.15, -0.1) is 0 Å². The molecule has 174 valence electrons. The van der Waals surface area contributed by atoms with E-state index in [1.807, 2.05) is 36.4 Å². The van der Waals surface area contributed by atoms with Gasteiger partial charge in [0.1, 0.15) is 0 Å². The van der Waals surface area contributed by atoms with Gasteiger partial charge in [0.25, 0.3) is 0 Å². The van der Waals surface area contributed by atoms with Crippen molar-refractivity contribution in [1.29, 1.82) is 0 Å². The van der Waals surface area contributed by atoms with Gasteiger partial charge >= 0.3 is 11.1 Å². The van der Waals surface area contributed by atoms with Crippen molar-refractivity contribution in [2.24, 2.45) is 0 Å². The topological polar surface area (TPSA) is 106 Å². The van der Waals surface area contributed by atoms with Crippen LogP contribution in [0.5, 0.6) is 0 Å². The van der Waals surface area contributed by atoms with Gasteiger partial charge in [-0.3, -0.25) is 14.5 Å². The summed E-state index contributed by atoms with van der Waals surface area (Å²) in [6, 6.07) is 24.8. The van der Waals surface area contributed by atoms with Crippen LogP contribution in [0.2, 0.25) is 0 Å². The number of nitrogens with one attached hydrogen (secondary N) is 2. The average molecular weight is 477 g/mol. The molecule has 2 heterocycles. The van der Waals surface area contributed by atoms with Gasteiger partial charge in [0.05, 0.1) is 22.0 Å². The van der Waals surface area contributed by atoms with Crippen LogP contribution in [0.4, 0.5) is 0 Å². The molecule has 0 saturated carbocycles. The normalized spacial score (nSPS) is 15.7. The third kappa shape index (κ3) is 4.21. The molecule has 1 saturated heterocycles. The molecule has 0 spiro atoms. The number of piperazine rings is 1. The maximum absolute atomic E-state index is 13.3. The lowest BCUT2D eigenvalue weighted by Gasteiger charge is -2.39. The summed E-state index contributed by atoms with van der Waals surface area (Å²) < 4.78 is 28.2. The molecular weight excluding hydrogens is 452 g/mol. The Morgan fingerprint density at radius 1 is 0.676 bits per heavy atom. The first-order chi connectivity index (χ1) is 16.4. The van der Waals surface area contributed by atoms with Gasteiger partial charge in [0.2, 0.25) is 10.0 Å². The van der Waals surface area contributed by atoms with Gasteiger partial charge in [-0.05, 0) is 29.3 Å². The van der Waals surface area contributed by atoms with Crippen molar-refractivity contribution in [2.45, 2.75) is 10.9 Å². The number of hydrogen-bond acceptors (Lipinski definition) is 5. The van der Waals surface area contributed by atoms with Crippen molar-refractivity contribution in [3.05, 3.63) is 111 Å². The number of H-pyrrole nitrogens is 2. The van der Waals surface area contributed by atoms with E-state index < -0.39 is 21.1 Å². The molecule has 0 bridgehead atoms. The standard InChI is InChI=1S/C25H24N4O4S/c30-24-25(31)27-22-17-20(11-12-21(22)26-24)34(32,33)29-15-13-28(14-16-29)23(18-7-3-1-4-8-18)19-9-5-2-6-10-19/h1-12,17,23H,13-16H2,(H,26,30)(H,27,31). The molecule has 0 aliphatic carbocycles. The maximum Gasteiger partial charge on any atom is 0.314 e. The monoisotopic (exact) mass is 476 g/mol.